The van der Waals surface area contributed by atoms with Crippen LogP contribution in [-0.2, 0) is 19.1 Å². The van der Waals surface area contributed by atoms with E-state index in [4.69, 9.17) is 24.9 Å². The normalized spacial score (nSPS) is 11.1. The van der Waals surface area contributed by atoms with Crippen LogP contribution >= 0.6 is 0 Å². The van der Waals surface area contributed by atoms with Crippen LogP contribution in [0.4, 0.5) is 0 Å². The summed E-state index contributed by atoms with van der Waals surface area (Å²) in [7, 11) is 3.23. The predicted molar refractivity (Wildman–Crippen MR) is 51.4 cm³/mol. The molecule has 0 saturated carbocycles. The van der Waals surface area contributed by atoms with E-state index >= 15 is 0 Å². The van der Waals surface area contributed by atoms with Crippen molar-refractivity contribution in [2.75, 3.05) is 53.7 Å². The molecule has 0 aromatic rings. The van der Waals surface area contributed by atoms with Crippen molar-refractivity contribution >= 4 is 0 Å². The molecule has 2 N–H and O–H groups in total. The van der Waals surface area contributed by atoms with E-state index in [1.807, 2.05) is 0 Å². The lowest BCUT2D eigenvalue weighted by Crippen LogP contribution is -2.32. The SMILES string of the molecule is COCCON(CCN)OCCOC. The largest absolute Gasteiger partial charge is 0.382 e. The fraction of sp³-hybridized carbons (Fsp3) is 1.00. The van der Waals surface area contributed by atoms with E-state index in [1.165, 1.54) is 5.23 Å². The third kappa shape index (κ3) is 8.36. The van der Waals surface area contributed by atoms with Gasteiger partial charge in [-0.15, -0.1) is 0 Å². The van der Waals surface area contributed by atoms with Crippen molar-refractivity contribution in [1.82, 2.24) is 5.23 Å². The molecular formula is C8H20N2O4. The summed E-state index contributed by atoms with van der Waals surface area (Å²) >= 11 is 0. The molecule has 0 fully saturated rings. The monoisotopic (exact) mass is 208 g/mol. The average Bonchev–Trinajstić information content (AvgIpc) is 2.18. The zero-order valence-corrected chi connectivity index (χ0v) is 8.90. The molecule has 0 rings (SSSR count). The topological polar surface area (TPSA) is 66.2 Å². The van der Waals surface area contributed by atoms with Crippen molar-refractivity contribution in [2.24, 2.45) is 5.73 Å². The van der Waals surface area contributed by atoms with Gasteiger partial charge in [0, 0.05) is 20.8 Å². The minimum atomic E-state index is 0.448. The van der Waals surface area contributed by atoms with E-state index < -0.39 is 0 Å². The Labute approximate surface area is 84.8 Å². The molecule has 0 atom stereocenters. The Hall–Kier alpha value is -0.240. The van der Waals surface area contributed by atoms with Gasteiger partial charge in [-0.05, 0) is 0 Å². The summed E-state index contributed by atoms with van der Waals surface area (Å²) in [6.45, 7) is 2.93. The van der Waals surface area contributed by atoms with Crippen molar-refractivity contribution in [2.45, 2.75) is 0 Å². The summed E-state index contributed by atoms with van der Waals surface area (Å²) in [4.78, 5) is 10.4. The fourth-order valence-electron chi connectivity index (χ4n) is 0.717. The van der Waals surface area contributed by atoms with Gasteiger partial charge in [-0.3, -0.25) is 9.68 Å². The molecular weight excluding hydrogens is 188 g/mol. The van der Waals surface area contributed by atoms with Crippen LogP contribution in [0.2, 0.25) is 0 Å². The molecule has 0 radical (unpaired) electrons. The second-order valence-corrected chi connectivity index (χ2v) is 2.50. The van der Waals surface area contributed by atoms with Gasteiger partial charge in [-0.2, -0.15) is 0 Å². The summed E-state index contributed by atoms with van der Waals surface area (Å²) < 4.78 is 9.67. The Morgan fingerprint density at radius 2 is 1.43 bits per heavy atom. The second kappa shape index (κ2) is 10.8. The van der Waals surface area contributed by atoms with Crippen molar-refractivity contribution in [1.29, 1.82) is 0 Å². The Morgan fingerprint density at radius 1 is 0.929 bits per heavy atom. The van der Waals surface area contributed by atoms with E-state index in [9.17, 15) is 0 Å². The molecule has 0 aliphatic carbocycles. The van der Waals surface area contributed by atoms with Gasteiger partial charge in [0.2, 0.25) is 0 Å². The van der Waals surface area contributed by atoms with Crippen LogP contribution in [-0.4, -0.2) is 59.0 Å². The van der Waals surface area contributed by atoms with Crippen molar-refractivity contribution in [3.63, 3.8) is 0 Å². The maximum Gasteiger partial charge on any atom is 0.0945 e. The fourth-order valence-corrected chi connectivity index (χ4v) is 0.717. The van der Waals surface area contributed by atoms with Crippen molar-refractivity contribution in [3.05, 3.63) is 0 Å². The number of hydrogen-bond donors (Lipinski definition) is 1. The molecule has 0 unspecified atom stereocenters. The number of hydrogen-bond acceptors (Lipinski definition) is 6. The summed E-state index contributed by atoms with van der Waals surface area (Å²) in [5.41, 5.74) is 5.37. The van der Waals surface area contributed by atoms with E-state index in [0.29, 0.717) is 39.5 Å². The number of hydroxylamine groups is 2. The molecule has 0 heterocycles. The highest BCUT2D eigenvalue weighted by molar-refractivity contribution is 4.35. The molecule has 0 amide bonds. The second-order valence-electron chi connectivity index (χ2n) is 2.50. The van der Waals surface area contributed by atoms with Crippen LogP contribution < -0.4 is 5.73 Å². The highest BCUT2D eigenvalue weighted by Crippen LogP contribution is 1.91. The highest BCUT2D eigenvalue weighted by Gasteiger charge is 2.03. The summed E-state index contributed by atoms with van der Waals surface area (Å²) in [5.74, 6) is 0. The minimum absolute atomic E-state index is 0.448. The van der Waals surface area contributed by atoms with Crippen LogP contribution in [0, 0.1) is 0 Å². The van der Waals surface area contributed by atoms with Crippen LogP contribution in [0.3, 0.4) is 0 Å². The van der Waals surface area contributed by atoms with Gasteiger partial charge in [-0.25, -0.2) is 0 Å². The Balaban J connectivity index is 3.44. The van der Waals surface area contributed by atoms with Gasteiger partial charge < -0.3 is 15.2 Å². The Bertz CT molecular complexity index is 106. The zero-order valence-electron chi connectivity index (χ0n) is 8.90. The number of nitrogens with two attached hydrogens (primary N) is 1. The van der Waals surface area contributed by atoms with E-state index in [1.54, 1.807) is 14.2 Å². The molecule has 0 aromatic carbocycles. The van der Waals surface area contributed by atoms with Crippen LogP contribution in [0.15, 0.2) is 0 Å². The van der Waals surface area contributed by atoms with Gasteiger partial charge in [0.25, 0.3) is 0 Å². The maximum absolute atomic E-state index is 5.37. The average molecular weight is 208 g/mol. The molecule has 0 aliphatic rings. The molecule has 0 spiro atoms. The van der Waals surface area contributed by atoms with Gasteiger partial charge in [-0.1, -0.05) is 5.23 Å². The first-order valence-electron chi connectivity index (χ1n) is 4.56. The van der Waals surface area contributed by atoms with Gasteiger partial charge in [0.05, 0.1) is 33.0 Å². The van der Waals surface area contributed by atoms with E-state index in [2.05, 4.69) is 0 Å². The Morgan fingerprint density at radius 3 is 1.79 bits per heavy atom. The molecule has 0 bridgehead atoms. The molecule has 6 heteroatoms. The lowest BCUT2D eigenvalue weighted by molar-refractivity contribution is -0.370. The quantitative estimate of drug-likeness (QED) is 0.382. The first kappa shape index (κ1) is 13.8. The van der Waals surface area contributed by atoms with Crippen LogP contribution in [0.5, 0.6) is 0 Å². The van der Waals surface area contributed by atoms with E-state index in [-0.39, 0.29) is 0 Å². The summed E-state index contributed by atoms with van der Waals surface area (Å²) in [6.07, 6.45) is 0. The predicted octanol–water partition coefficient (Wildman–Crippen LogP) is -0.597. The molecule has 0 saturated heterocycles. The van der Waals surface area contributed by atoms with E-state index in [0.717, 1.165) is 0 Å². The number of nitrogens with zero attached hydrogens (tertiary/aromatic N) is 1. The van der Waals surface area contributed by atoms with Crippen LogP contribution in [0.1, 0.15) is 0 Å². The first-order valence-corrected chi connectivity index (χ1v) is 4.56. The number of rotatable bonds is 10. The molecule has 0 aromatic heterocycles. The number of methoxy groups -OCH3 is 2. The highest BCUT2D eigenvalue weighted by atomic mass is 16.9. The first-order chi connectivity index (χ1) is 6.85. The Kier molecular flexibility index (Phi) is 10.7. The lowest BCUT2D eigenvalue weighted by atomic mass is 10.7. The molecule has 14 heavy (non-hydrogen) atoms. The third-order valence-electron chi connectivity index (χ3n) is 1.36. The van der Waals surface area contributed by atoms with Crippen molar-refractivity contribution in [3.8, 4) is 0 Å². The summed E-state index contributed by atoms with van der Waals surface area (Å²) in [5, 5.41) is 1.36. The standard InChI is InChI=1S/C8H20N2O4/c1-11-5-7-13-10(4-3-9)14-8-6-12-2/h3-9H2,1-2H3. The van der Waals surface area contributed by atoms with Crippen molar-refractivity contribution < 1.29 is 19.1 Å². The van der Waals surface area contributed by atoms with Gasteiger partial charge >= 0.3 is 0 Å². The molecule has 0 aliphatic heterocycles. The van der Waals surface area contributed by atoms with Gasteiger partial charge in [0.1, 0.15) is 0 Å². The smallest absolute Gasteiger partial charge is 0.0945 e. The lowest BCUT2D eigenvalue weighted by Gasteiger charge is -2.19. The zero-order chi connectivity index (χ0) is 10.6. The summed E-state index contributed by atoms with van der Waals surface area (Å²) in [6, 6.07) is 0. The minimum Gasteiger partial charge on any atom is -0.382 e. The molecule has 86 valence electrons. The third-order valence-corrected chi connectivity index (χ3v) is 1.36. The van der Waals surface area contributed by atoms with Crippen LogP contribution in [0.25, 0.3) is 0 Å². The molecule has 6 nitrogen and oxygen atoms in total. The maximum atomic E-state index is 5.37. The number of ether oxygens (including phenoxy) is 2. The van der Waals surface area contributed by atoms with Gasteiger partial charge in [0.15, 0.2) is 0 Å².